The fourth-order valence-corrected chi connectivity index (χ4v) is 4.15. The number of benzene rings is 1. The summed E-state index contributed by atoms with van der Waals surface area (Å²) in [7, 11) is 1.79. The third kappa shape index (κ3) is 9.51. The molecule has 0 bridgehead atoms. The van der Waals surface area contributed by atoms with Crippen LogP contribution in [0.15, 0.2) is 59.8 Å². The zero-order valence-corrected chi connectivity index (χ0v) is 22.1. The largest absolute Gasteiger partial charge is 0.387 e. The molecule has 1 aromatic heterocycles. The molecule has 5 N–H and O–H groups in total. The first-order chi connectivity index (χ1) is 18.0. The second-order valence-electron chi connectivity index (χ2n) is 9.41. The molecule has 9 heteroatoms. The number of rotatable bonds is 11. The summed E-state index contributed by atoms with van der Waals surface area (Å²) in [6.07, 6.45) is 11.1. The van der Waals surface area contributed by atoms with Crippen molar-refractivity contribution in [3.05, 3.63) is 65.7 Å². The van der Waals surface area contributed by atoms with Crippen LogP contribution in [0.1, 0.15) is 38.4 Å². The number of aromatic amines is 1. The van der Waals surface area contributed by atoms with Crippen molar-refractivity contribution < 1.29 is 9.59 Å². The molecule has 9 nitrogen and oxygen atoms in total. The molecule has 0 fully saturated rings. The van der Waals surface area contributed by atoms with Crippen LogP contribution in [0.25, 0.3) is 11.0 Å². The molecule has 1 aliphatic rings. The van der Waals surface area contributed by atoms with E-state index in [1.165, 1.54) is 0 Å². The number of allylic oxidation sites excluding steroid dienone is 3. The maximum atomic E-state index is 13.3. The van der Waals surface area contributed by atoms with Gasteiger partial charge in [-0.3, -0.25) is 14.5 Å². The average molecular weight is 508 g/mol. The van der Waals surface area contributed by atoms with Crippen molar-refractivity contribution >= 4 is 22.8 Å². The lowest BCUT2D eigenvalue weighted by molar-refractivity contribution is -0.126. The van der Waals surface area contributed by atoms with Gasteiger partial charge in [0.2, 0.25) is 5.91 Å². The average Bonchev–Trinajstić information content (AvgIpc) is 3.28. The van der Waals surface area contributed by atoms with Gasteiger partial charge < -0.3 is 26.3 Å². The summed E-state index contributed by atoms with van der Waals surface area (Å²) < 4.78 is 0. The Morgan fingerprint density at radius 2 is 2.03 bits per heavy atom. The van der Waals surface area contributed by atoms with Crippen LogP contribution in [0, 0.1) is 0 Å². The number of hydrogen-bond donors (Lipinski definition) is 4. The van der Waals surface area contributed by atoms with Crippen molar-refractivity contribution in [3.63, 3.8) is 0 Å². The first kappa shape index (κ1) is 28.1. The van der Waals surface area contributed by atoms with Gasteiger partial charge in [-0.1, -0.05) is 30.7 Å². The minimum Gasteiger partial charge on any atom is -0.387 e. The van der Waals surface area contributed by atoms with Gasteiger partial charge in [-0.2, -0.15) is 0 Å². The number of fused-ring (bicyclic) bond motifs is 1. The fraction of sp³-hybridized carbons (Fsp3) is 0.464. The van der Waals surface area contributed by atoms with E-state index in [1.807, 2.05) is 55.5 Å². The number of H-pyrrole nitrogens is 1. The van der Waals surface area contributed by atoms with Gasteiger partial charge in [0.1, 0.15) is 5.82 Å². The summed E-state index contributed by atoms with van der Waals surface area (Å²) in [5.41, 5.74) is 8.95. The Balaban J connectivity index is 1.56. The van der Waals surface area contributed by atoms with E-state index in [2.05, 4.69) is 25.5 Å². The van der Waals surface area contributed by atoms with Crippen LogP contribution in [0.2, 0.25) is 0 Å². The normalized spacial score (nSPS) is 18.6. The number of nitrogens with zero attached hydrogens (tertiary/aromatic N) is 3. The lowest BCUT2D eigenvalue weighted by Gasteiger charge is -2.21. The lowest BCUT2D eigenvalue weighted by Crippen LogP contribution is -2.38. The third-order valence-corrected chi connectivity index (χ3v) is 6.28. The van der Waals surface area contributed by atoms with Gasteiger partial charge in [0.05, 0.1) is 17.6 Å². The predicted molar refractivity (Wildman–Crippen MR) is 149 cm³/mol. The van der Waals surface area contributed by atoms with Crippen molar-refractivity contribution in [1.82, 2.24) is 30.4 Å². The number of aromatic nitrogens is 2. The molecule has 0 atom stereocenters. The minimum atomic E-state index is -0.0755. The first-order valence-electron chi connectivity index (χ1n) is 13.1. The Bertz CT molecular complexity index is 1090. The van der Waals surface area contributed by atoms with Gasteiger partial charge in [-0.25, -0.2) is 4.98 Å². The van der Waals surface area contributed by atoms with Gasteiger partial charge >= 0.3 is 0 Å². The van der Waals surface area contributed by atoms with E-state index in [0.29, 0.717) is 38.2 Å². The number of amides is 2. The quantitative estimate of drug-likeness (QED) is 0.347. The van der Waals surface area contributed by atoms with E-state index in [0.717, 1.165) is 61.5 Å². The second kappa shape index (κ2) is 15.0. The van der Waals surface area contributed by atoms with Gasteiger partial charge in [-0.05, 0) is 50.6 Å². The smallest absolute Gasteiger partial charge is 0.253 e. The Kier molecular flexibility index (Phi) is 11.4. The Morgan fingerprint density at radius 3 is 2.84 bits per heavy atom. The number of hydrogen-bond acceptors (Lipinski definition) is 6. The van der Waals surface area contributed by atoms with Gasteiger partial charge in [0, 0.05) is 57.5 Å². The summed E-state index contributed by atoms with van der Waals surface area (Å²) in [5, 5.41) is 6.42. The van der Waals surface area contributed by atoms with Crippen molar-refractivity contribution in [1.29, 1.82) is 0 Å². The highest BCUT2D eigenvalue weighted by molar-refractivity contribution is 5.96. The summed E-state index contributed by atoms with van der Waals surface area (Å²) in [6.45, 7) is 6.69. The summed E-state index contributed by atoms with van der Waals surface area (Å²) in [6, 6.07) is 7.84. The molecule has 1 aromatic carbocycles. The van der Waals surface area contributed by atoms with Crippen molar-refractivity contribution in [2.75, 3.05) is 46.3 Å². The molecule has 2 aromatic rings. The molecule has 0 radical (unpaired) electrons. The zero-order chi connectivity index (χ0) is 26.5. The van der Waals surface area contributed by atoms with Crippen LogP contribution in [0.3, 0.4) is 0 Å². The minimum absolute atomic E-state index is 0.0755. The first-order valence-corrected chi connectivity index (χ1v) is 13.1. The summed E-state index contributed by atoms with van der Waals surface area (Å²) >= 11 is 0. The topological polar surface area (TPSA) is 119 Å². The van der Waals surface area contributed by atoms with Crippen molar-refractivity contribution in [3.8, 4) is 0 Å². The SMILES string of the molecule is C\C1=C/C=C(C(=O)N(C)Cc2nc3ccccc3[nH]2)\C=C\CN(CCNC(=O)CCCCCN)CCN1. The molecule has 2 heterocycles. The van der Waals surface area contributed by atoms with Crippen LogP contribution >= 0.6 is 0 Å². The maximum absolute atomic E-state index is 13.3. The highest BCUT2D eigenvalue weighted by Crippen LogP contribution is 2.13. The number of nitrogens with two attached hydrogens (primary N) is 1. The molecule has 200 valence electrons. The number of carbonyl (C=O) groups is 2. The second-order valence-corrected chi connectivity index (χ2v) is 9.41. The molecule has 0 aliphatic carbocycles. The number of carbonyl (C=O) groups excluding carboxylic acids is 2. The van der Waals surface area contributed by atoms with Gasteiger partial charge in [0.25, 0.3) is 5.91 Å². The van der Waals surface area contributed by atoms with Crippen LogP contribution in [0.4, 0.5) is 0 Å². The lowest BCUT2D eigenvalue weighted by atomic mass is 10.2. The molecule has 37 heavy (non-hydrogen) atoms. The van der Waals surface area contributed by atoms with Crippen molar-refractivity contribution in [2.45, 2.75) is 39.2 Å². The van der Waals surface area contributed by atoms with Gasteiger partial charge in [0.15, 0.2) is 0 Å². The van der Waals surface area contributed by atoms with E-state index < -0.39 is 0 Å². The van der Waals surface area contributed by atoms with E-state index in [1.54, 1.807) is 11.9 Å². The van der Waals surface area contributed by atoms with Crippen molar-refractivity contribution in [2.24, 2.45) is 5.73 Å². The molecule has 0 saturated carbocycles. The molecule has 2 amide bonds. The number of imidazole rings is 1. The standard InChI is InChI=1S/C28H41N7O2/c1-22-13-14-23(28(37)34(2)21-26-32-24-10-5-6-11-25(24)33-26)9-8-18-35(19-16-30-22)20-17-31-27(36)12-4-3-7-15-29/h5-6,8-11,13-14,30H,3-4,7,12,15-21,29H2,1-2H3,(H,31,36)(H,32,33)/b9-8+,22-13+,23-14+. The number of para-hydroxylation sites is 2. The molecule has 1 aliphatic heterocycles. The van der Waals surface area contributed by atoms with E-state index in [9.17, 15) is 9.59 Å². The fourth-order valence-electron chi connectivity index (χ4n) is 4.15. The molecule has 3 rings (SSSR count). The van der Waals surface area contributed by atoms with Crippen LogP contribution in [-0.2, 0) is 16.1 Å². The number of unbranched alkanes of at least 4 members (excludes halogenated alkanes) is 2. The predicted octanol–water partition coefficient (Wildman–Crippen LogP) is 2.45. The van der Waals surface area contributed by atoms with E-state index in [-0.39, 0.29) is 11.8 Å². The monoisotopic (exact) mass is 507 g/mol. The van der Waals surface area contributed by atoms with Crippen LogP contribution in [0.5, 0.6) is 0 Å². The number of nitrogens with one attached hydrogen (secondary N) is 3. The highest BCUT2D eigenvalue weighted by Gasteiger charge is 2.15. The molecule has 0 unspecified atom stereocenters. The van der Waals surface area contributed by atoms with Gasteiger partial charge in [-0.15, -0.1) is 0 Å². The van der Waals surface area contributed by atoms with E-state index >= 15 is 0 Å². The Labute approximate surface area is 219 Å². The molecule has 0 spiro atoms. The molecular weight excluding hydrogens is 466 g/mol. The van der Waals surface area contributed by atoms with Crippen LogP contribution in [-0.4, -0.2) is 77.9 Å². The number of likely N-dealkylation sites (N-methyl/N-ethyl adjacent to an activating group) is 1. The Hall–Kier alpha value is -3.43. The third-order valence-electron chi connectivity index (χ3n) is 6.28. The zero-order valence-electron chi connectivity index (χ0n) is 22.1. The van der Waals surface area contributed by atoms with E-state index in [4.69, 9.17) is 5.73 Å². The maximum Gasteiger partial charge on any atom is 0.253 e. The molecular formula is C28H41N7O2. The highest BCUT2D eigenvalue weighted by atomic mass is 16.2. The molecule has 0 saturated heterocycles. The van der Waals surface area contributed by atoms with Crippen LogP contribution < -0.4 is 16.4 Å². The summed E-state index contributed by atoms with van der Waals surface area (Å²) in [4.78, 5) is 37.2. The Morgan fingerprint density at radius 1 is 1.19 bits per heavy atom. The summed E-state index contributed by atoms with van der Waals surface area (Å²) in [5.74, 6) is 0.762.